The summed E-state index contributed by atoms with van der Waals surface area (Å²) < 4.78 is 1.87. The van der Waals surface area contributed by atoms with Gasteiger partial charge in [-0.3, -0.25) is 9.59 Å². The zero-order valence-corrected chi connectivity index (χ0v) is 19.7. The van der Waals surface area contributed by atoms with E-state index in [9.17, 15) is 9.59 Å². The molecule has 1 aliphatic rings. The highest BCUT2D eigenvalue weighted by atomic mass is 32.2. The lowest BCUT2D eigenvalue weighted by molar-refractivity contribution is -0.119. The number of aryl methyl sites for hydroxylation is 1. The number of aromatic nitrogens is 3. The van der Waals surface area contributed by atoms with Gasteiger partial charge in [0.2, 0.25) is 5.91 Å². The zero-order chi connectivity index (χ0) is 22.4. The van der Waals surface area contributed by atoms with Crippen LogP contribution in [0.4, 0.5) is 0 Å². The summed E-state index contributed by atoms with van der Waals surface area (Å²) in [5.74, 6) is 1.03. The molecule has 1 aromatic carbocycles. The Bertz CT molecular complexity index is 905. The molecule has 3 rings (SSSR count). The first-order chi connectivity index (χ1) is 14.8. The van der Waals surface area contributed by atoms with Gasteiger partial charge in [0.1, 0.15) is 0 Å². The minimum atomic E-state index is -0.282. The van der Waals surface area contributed by atoms with Crippen LogP contribution in [0.25, 0.3) is 0 Å². The predicted octanol–water partition coefficient (Wildman–Crippen LogP) is 3.79. The number of benzene rings is 1. The van der Waals surface area contributed by atoms with E-state index in [4.69, 9.17) is 0 Å². The average molecular weight is 444 g/mol. The molecule has 1 heterocycles. The molecule has 0 saturated heterocycles. The molecule has 0 spiro atoms. The van der Waals surface area contributed by atoms with Crippen LogP contribution in [-0.2, 0) is 11.8 Å². The van der Waals surface area contributed by atoms with E-state index in [0.29, 0.717) is 28.3 Å². The maximum Gasteiger partial charge on any atom is 0.251 e. The number of amides is 2. The maximum atomic E-state index is 12.8. The first kappa shape index (κ1) is 23.3. The number of carbonyl (C=O) groups excluding carboxylic acids is 2. The molecule has 31 heavy (non-hydrogen) atoms. The fourth-order valence-corrected chi connectivity index (χ4v) is 4.64. The summed E-state index contributed by atoms with van der Waals surface area (Å²) in [6, 6.07) is 7.55. The lowest BCUT2D eigenvalue weighted by Crippen LogP contribution is -2.37. The van der Waals surface area contributed by atoms with Gasteiger partial charge in [0.15, 0.2) is 11.0 Å². The van der Waals surface area contributed by atoms with Crippen LogP contribution in [0.2, 0.25) is 0 Å². The summed E-state index contributed by atoms with van der Waals surface area (Å²) in [6.07, 6.45) is 5.79. The van der Waals surface area contributed by atoms with Gasteiger partial charge in [0, 0.05) is 18.7 Å². The van der Waals surface area contributed by atoms with Crippen molar-refractivity contribution in [2.75, 3.05) is 5.75 Å². The molecule has 168 valence electrons. The third kappa shape index (κ3) is 6.32. The smallest absolute Gasteiger partial charge is 0.251 e. The Labute approximate surface area is 188 Å². The fourth-order valence-electron chi connectivity index (χ4n) is 3.91. The van der Waals surface area contributed by atoms with Crippen LogP contribution in [0.5, 0.6) is 0 Å². The van der Waals surface area contributed by atoms with Crippen LogP contribution < -0.4 is 10.6 Å². The molecule has 1 saturated carbocycles. The van der Waals surface area contributed by atoms with Crippen molar-refractivity contribution in [1.29, 1.82) is 0 Å². The first-order valence-electron chi connectivity index (χ1n) is 11.0. The number of nitrogens with one attached hydrogen (secondary N) is 2. The van der Waals surface area contributed by atoms with E-state index in [-0.39, 0.29) is 23.8 Å². The van der Waals surface area contributed by atoms with Crippen molar-refractivity contribution in [3.05, 3.63) is 41.2 Å². The molecule has 8 heteroatoms. The summed E-state index contributed by atoms with van der Waals surface area (Å²) in [5, 5.41) is 15.5. The van der Waals surface area contributed by atoms with Crippen LogP contribution in [0.3, 0.4) is 0 Å². The third-order valence-corrected chi connectivity index (χ3v) is 6.70. The molecule has 0 unspecified atom stereocenters. The van der Waals surface area contributed by atoms with Gasteiger partial charge >= 0.3 is 0 Å². The molecule has 1 aromatic heterocycles. The molecular formula is C23H33N5O2S. The predicted molar refractivity (Wildman–Crippen MR) is 123 cm³/mol. The van der Waals surface area contributed by atoms with Gasteiger partial charge in [-0.25, -0.2) is 0 Å². The van der Waals surface area contributed by atoms with Gasteiger partial charge in [-0.2, -0.15) is 0 Å². The second-order valence-electron chi connectivity index (χ2n) is 8.66. The molecule has 1 aliphatic carbocycles. The molecule has 2 aromatic rings. The minimum absolute atomic E-state index is 0.0367. The molecule has 0 radical (unpaired) electrons. The molecule has 0 aliphatic heterocycles. The Morgan fingerprint density at radius 1 is 1.19 bits per heavy atom. The Hall–Kier alpha value is -2.35. The lowest BCUT2D eigenvalue weighted by Gasteiger charge is -2.22. The van der Waals surface area contributed by atoms with Gasteiger partial charge in [0.25, 0.3) is 5.91 Å². The summed E-state index contributed by atoms with van der Waals surface area (Å²) >= 11 is 1.38. The van der Waals surface area contributed by atoms with Crippen molar-refractivity contribution in [3.8, 4) is 0 Å². The first-order valence-corrected chi connectivity index (χ1v) is 12.0. The van der Waals surface area contributed by atoms with Crippen molar-refractivity contribution in [1.82, 2.24) is 25.4 Å². The monoisotopic (exact) mass is 443 g/mol. The summed E-state index contributed by atoms with van der Waals surface area (Å²) in [4.78, 5) is 25.1. The van der Waals surface area contributed by atoms with E-state index in [1.54, 1.807) is 0 Å². The van der Waals surface area contributed by atoms with E-state index in [1.807, 2.05) is 56.7 Å². The van der Waals surface area contributed by atoms with Gasteiger partial charge in [-0.05, 0) is 37.8 Å². The van der Waals surface area contributed by atoms with Crippen LogP contribution >= 0.6 is 11.8 Å². The average Bonchev–Trinajstić information content (AvgIpc) is 3.11. The summed E-state index contributed by atoms with van der Waals surface area (Å²) in [6.45, 7) is 6.05. The van der Waals surface area contributed by atoms with Crippen molar-refractivity contribution in [2.45, 2.75) is 70.1 Å². The van der Waals surface area contributed by atoms with Crippen molar-refractivity contribution >= 4 is 23.6 Å². The molecular weight excluding hydrogens is 410 g/mol. The maximum absolute atomic E-state index is 12.8. The largest absolute Gasteiger partial charge is 0.353 e. The molecule has 2 amide bonds. The standard InChI is InChI=1S/C23H33N5O2S/c1-15(2)20(25-22(30)17-10-8-9-16(3)13-17)21-26-27-23(28(21)4)31-14-19(29)24-18-11-6-5-7-12-18/h8-10,13,15,18,20H,5-7,11-12,14H2,1-4H3,(H,24,29)(H,25,30)/t20-/m1/s1. The van der Waals surface area contributed by atoms with Crippen LogP contribution in [-0.4, -0.2) is 38.4 Å². The highest BCUT2D eigenvalue weighted by Crippen LogP contribution is 2.25. The number of thioether (sulfide) groups is 1. The SMILES string of the molecule is Cc1cccc(C(=O)N[C@@H](c2nnc(SCC(=O)NC3CCCCC3)n2C)C(C)C)c1. The number of hydrogen-bond donors (Lipinski definition) is 2. The van der Waals surface area contributed by atoms with Gasteiger partial charge in [-0.15, -0.1) is 10.2 Å². The summed E-state index contributed by atoms with van der Waals surface area (Å²) in [5.41, 5.74) is 1.67. The summed E-state index contributed by atoms with van der Waals surface area (Å²) in [7, 11) is 1.88. The van der Waals surface area contributed by atoms with E-state index in [0.717, 1.165) is 18.4 Å². The second-order valence-corrected chi connectivity index (χ2v) is 9.60. The van der Waals surface area contributed by atoms with E-state index >= 15 is 0 Å². The molecule has 2 N–H and O–H groups in total. The van der Waals surface area contributed by atoms with E-state index in [2.05, 4.69) is 20.8 Å². The molecule has 1 atom stereocenters. The topological polar surface area (TPSA) is 88.9 Å². The Morgan fingerprint density at radius 3 is 2.61 bits per heavy atom. The zero-order valence-electron chi connectivity index (χ0n) is 18.9. The number of carbonyl (C=O) groups is 2. The Morgan fingerprint density at radius 2 is 1.94 bits per heavy atom. The molecule has 7 nitrogen and oxygen atoms in total. The number of nitrogens with zero attached hydrogens (tertiary/aromatic N) is 3. The van der Waals surface area contributed by atoms with Gasteiger partial charge < -0.3 is 15.2 Å². The van der Waals surface area contributed by atoms with Crippen molar-refractivity contribution in [2.24, 2.45) is 13.0 Å². The highest BCUT2D eigenvalue weighted by Gasteiger charge is 2.25. The fraction of sp³-hybridized carbons (Fsp3) is 0.565. The van der Waals surface area contributed by atoms with Crippen LogP contribution in [0.15, 0.2) is 29.4 Å². The Balaban J connectivity index is 1.63. The minimum Gasteiger partial charge on any atom is -0.353 e. The molecule has 0 bridgehead atoms. The van der Waals surface area contributed by atoms with E-state index in [1.165, 1.54) is 31.0 Å². The lowest BCUT2D eigenvalue weighted by atomic mass is 9.95. The van der Waals surface area contributed by atoms with Gasteiger partial charge in [0.05, 0.1) is 11.8 Å². The third-order valence-electron chi connectivity index (χ3n) is 5.68. The number of rotatable bonds is 8. The van der Waals surface area contributed by atoms with Gasteiger partial charge in [-0.1, -0.05) is 62.6 Å². The Kier molecular flexibility index (Phi) is 8.12. The van der Waals surface area contributed by atoms with Crippen molar-refractivity contribution < 1.29 is 9.59 Å². The quantitative estimate of drug-likeness (QED) is 0.606. The van der Waals surface area contributed by atoms with Crippen molar-refractivity contribution in [3.63, 3.8) is 0 Å². The second kappa shape index (κ2) is 10.8. The van der Waals surface area contributed by atoms with Crippen LogP contribution in [0, 0.1) is 12.8 Å². The molecule has 1 fully saturated rings. The number of hydrogen-bond acceptors (Lipinski definition) is 5. The van der Waals surface area contributed by atoms with Crippen LogP contribution in [0.1, 0.15) is 73.7 Å². The normalized spacial score (nSPS) is 15.6. The highest BCUT2D eigenvalue weighted by molar-refractivity contribution is 7.99. The van der Waals surface area contributed by atoms with E-state index < -0.39 is 0 Å².